The van der Waals surface area contributed by atoms with Gasteiger partial charge in [0.25, 0.3) is 0 Å². The molecule has 0 atom stereocenters. The molecule has 0 heterocycles. The molecule has 4 heteroatoms. The third-order valence-corrected chi connectivity index (χ3v) is 2.32. The number of anilines is 2. The van der Waals surface area contributed by atoms with Gasteiger partial charge in [-0.05, 0) is 24.3 Å². The predicted octanol–water partition coefficient (Wildman–Crippen LogP) is 3.98. The molecule has 2 rings (SSSR count). The van der Waals surface area contributed by atoms with Gasteiger partial charge in [0.15, 0.2) is 0 Å². The van der Waals surface area contributed by atoms with Crippen molar-refractivity contribution in [2.24, 2.45) is 5.11 Å². The monoisotopic (exact) mass is 225 g/mol. The maximum absolute atomic E-state index is 11.7. The van der Waals surface area contributed by atoms with Crippen LogP contribution < -0.4 is 4.90 Å². The van der Waals surface area contributed by atoms with Crippen LogP contribution in [0, 0.1) is 5.53 Å². The van der Waals surface area contributed by atoms with Crippen molar-refractivity contribution in [1.29, 1.82) is 5.53 Å². The zero-order valence-corrected chi connectivity index (χ0v) is 9.08. The standard InChI is InChI=1S/C13H11N3O/c14-15-13(17)16(11-7-3-1-4-8-11)12-9-5-2-6-10-12/h1-10,14H. The molecule has 4 nitrogen and oxygen atoms in total. The molecule has 84 valence electrons. The normalized spacial score (nSPS) is 9.65. The third kappa shape index (κ3) is 2.36. The summed E-state index contributed by atoms with van der Waals surface area (Å²) < 4.78 is 0. The van der Waals surface area contributed by atoms with Gasteiger partial charge in [-0.25, -0.2) is 4.79 Å². The van der Waals surface area contributed by atoms with Gasteiger partial charge in [-0.1, -0.05) is 41.5 Å². The van der Waals surface area contributed by atoms with Crippen LogP contribution in [0.2, 0.25) is 0 Å². The van der Waals surface area contributed by atoms with E-state index >= 15 is 0 Å². The minimum atomic E-state index is -0.609. The molecule has 0 saturated carbocycles. The molecule has 2 amide bonds. The first kappa shape index (κ1) is 11.0. The topological polar surface area (TPSA) is 56.5 Å². The fourth-order valence-electron chi connectivity index (χ4n) is 1.57. The fraction of sp³-hybridized carbons (Fsp3) is 0. The van der Waals surface area contributed by atoms with Gasteiger partial charge in [0.05, 0.1) is 11.4 Å². The van der Waals surface area contributed by atoms with Crippen LogP contribution in [0.15, 0.2) is 65.8 Å². The molecule has 2 aromatic carbocycles. The lowest BCUT2D eigenvalue weighted by Crippen LogP contribution is -2.21. The van der Waals surface area contributed by atoms with Gasteiger partial charge in [-0.2, -0.15) is 5.53 Å². The van der Waals surface area contributed by atoms with E-state index < -0.39 is 6.03 Å². The highest BCUT2D eigenvalue weighted by Gasteiger charge is 2.16. The lowest BCUT2D eigenvalue weighted by atomic mass is 10.2. The van der Waals surface area contributed by atoms with Crippen molar-refractivity contribution >= 4 is 17.4 Å². The number of carbonyl (C=O) groups excluding carboxylic acids is 1. The van der Waals surface area contributed by atoms with Crippen LogP contribution >= 0.6 is 0 Å². The minimum Gasteiger partial charge on any atom is -0.260 e. The number of hydrogen-bond acceptors (Lipinski definition) is 2. The van der Waals surface area contributed by atoms with E-state index in [2.05, 4.69) is 5.11 Å². The summed E-state index contributed by atoms with van der Waals surface area (Å²) in [6.45, 7) is 0. The lowest BCUT2D eigenvalue weighted by molar-refractivity contribution is 0.254. The van der Waals surface area contributed by atoms with Crippen LogP contribution in [0.3, 0.4) is 0 Å². The smallest absolute Gasteiger partial charge is 0.260 e. The lowest BCUT2D eigenvalue weighted by Gasteiger charge is -2.19. The molecule has 0 aliphatic carbocycles. The molecule has 2 aromatic rings. The van der Waals surface area contributed by atoms with E-state index in [1.54, 1.807) is 24.3 Å². The molecule has 0 saturated heterocycles. The fourth-order valence-corrected chi connectivity index (χ4v) is 1.57. The molecular weight excluding hydrogens is 214 g/mol. The Morgan fingerprint density at radius 2 is 1.29 bits per heavy atom. The van der Waals surface area contributed by atoms with E-state index in [-0.39, 0.29) is 0 Å². The Hall–Kier alpha value is -2.49. The van der Waals surface area contributed by atoms with Crippen molar-refractivity contribution in [3.05, 3.63) is 60.7 Å². The average molecular weight is 225 g/mol. The largest absolute Gasteiger partial charge is 0.370 e. The number of nitrogens with zero attached hydrogens (tertiary/aromatic N) is 2. The Kier molecular flexibility index (Phi) is 3.25. The highest BCUT2D eigenvalue weighted by atomic mass is 16.2. The molecule has 0 radical (unpaired) electrons. The van der Waals surface area contributed by atoms with Crippen LogP contribution in [0.25, 0.3) is 0 Å². The van der Waals surface area contributed by atoms with Crippen molar-refractivity contribution in [1.82, 2.24) is 0 Å². The van der Waals surface area contributed by atoms with Crippen LogP contribution in [-0.4, -0.2) is 6.03 Å². The summed E-state index contributed by atoms with van der Waals surface area (Å²) in [7, 11) is 0. The summed E-state index contributed by atoms with van der Waals surface area (Å²) in [6, 6.07) is 17.7. The average Bonchev–Trinajstić information content (AvgIpc) is 2.41. The third-order valence-electron chi connectivity index (χ3n) is 2.32. The molecule has 17 heavy (non-hydrogen) atoms. The van der Waals surface area contributed by atoms with E-state index in [4.69, 9.17) is 5.53 Å². The number of para-hydroxylation sites is 2. The van der Waals surface area contributed by atoms with Crippen molar-refractivity contribution in [3.8, 4) is 0 Å². The summed E-state index contributed by atoms with van der Waals surface area (Å²) in [5.41, 5.74) is 8.26. The summed E-state index contributed by atoms with van der Waals surface area (Å²) in [4.78, 5) is 13.1. The SMILES string of the molecule is N=NC(=O)N(c1ccccc1)c1ccccc1. The molecule has 1 N–H and O–H groups in total. The summed E-state index contributed by atoms with van der Waals surface area (Å²) >= 11 is 0. The van der Waals surface area contributed by atoms with Gasteiger partial charge in [0, 0.05) is 0 Å². The first-order chi connectivity index (χ1) is 8.33. The first-order valence-electron chi connectivity index (χ1n) is 5.14. The van der Waals surface area contributed by atoms with E-state index in [1.165, 1.54) is 4.90 Å². The number of nitrogens with one attached hydrogen (secondary N) is 1. The minimum absolute atomic E-state index is 0.609. The zero-order chi connectivity index (χ0) is 12.1. The van der Waals surface area contributed by atoms with E-state index in [1.807, 2.05) is 36.4 Å². The van der Waals surface area contributed by atoms with E-state index in [0.29, 0.717) is 11.4 Å². The number of amides is 2. The molecule has 0 bridgehead atoms. The van der Waals surface area contributed by atoms with Gasteiger partial charge in [-0.15, -0.1) is 0 Å². The molecule has 0 aliphatic rings. The predicted molar refractivity (Wildman–Crippen MR) is 65.6 cm³/mol. The summed E-state index contributed by atoms with van der Waals surface area (Å²) in [5.74, 6) is 0. The first-order valence-corrected chi connectivity index (χ1v) is 5.14. The number of rotatable bonds is 2. The second-order valence-electron chi connectivity index (χ2n) is 3.40. The molecule has 0 aromatic heterocycles. The molecule has 0 fully saturated rings. The Labute approximate surface area is 99.0 Å². The number of benzene rings is 2. The van der Waals surface area contributed by atoms with Gasteiger partial charge < -0.3 is 0 Å². The van der Waals surface area contributed by atoms with Crippen LogP contribution in [0.4, 0.5) is 16.2 Å². The maximum Gasteiger partial charge on any atom is 0.370 e. The Morgan fingerprint density at radius 3 is 1.65 bits per heavy atom. The Bertz CT molecular complexity index is 471. The molecule has 0 spiro atoms. The highest BCUT2D eigenvalue weighted by Crippen LogP contribution is 2.25. The summed E-state index contributed by atoms with van der Waals surface area (Å²) in [5, 5.41) is 2.98. The second kappa shape index (κ2) is 5.03. The highest BCUT2D eigenvalue weighted by molar-refractivity contribution is 5.99. The van der Waals surface area contributed by atoms with E-state index in [0.717, 1.165) is 0 Å². The van der Waals surface area contributed by atoms with Gasteiger partial charge in [-0.3, -0.25) is 4.90 Å². The quantitative estimate of drug-likeness (QED) is 0.772. The zero-order valence-electron chi connectivity index (χ0n) is 9.08. The van der Waals surface area contributed by atoms with Crippen LogP contribution in [0.1, 0.15) is 0 Å². The van der Waals surface area contributed by atoms with Gasteiger partial charge in [0.1, 0.15) is 0 Å². The van der Waals surface area contributed by atoms with Crippen molar-refractivity contribution in [2.45, 2.75) is 0 Å². The van der Waals surface area contributed by atoms with Crippen LogP contribution in [-0.2, 0) is 0 Å². The molecule has 0 aliphatic heterocycles. The summed E-state index contributed by atoms with van der Waals surface area (Å²) in [6.07, 6.45) is 0. The molecular formula is C13H11N3O. The number of carbonyl (C=O) groups is 1. The molecule has 0 unspecified atom stereocenters. The van der Waals surface area contributed by atoms with Crippen molar-refractivity contribution in [3.63, 3.8) is 0 Å². The number of hydrogen-bond donors (Lipinski definition) is 1. The Balaban J connectivity index is 2.47. The Morgan fingerprint density at radius 1 is 0.882 bits per heavy atom. The maximum atomic E-state index is 11.7. The second-order valence-corrected chi connectivity index (χ2v) is 3.40. The van der Waals surface area contributed by atoms with E-state index in [9.17, 15) is 4.79 Å². The van der Waals surface area contributed by atoms with Gasteiger partial charge in [0.2, 0.25) is 0 Å². The van der Waals surface area contributed by atoms with Crippen molar-refractivity contribution in [2.75, 3.05) is 4.90 Å². The van der Waals surface area contributed by atoms with Crippen LogP contribution in [0.5, 0.6) is 0 Å². The van der Waals surface area contributed by atoms with Crippen molar-refractivity contribution < 1.29 is 4.79 Å². The van der Waals surface area contributed by atoms with Gasteiger partial charge >= 0.3 is 6.03 Å². The number of urea groups is 1.